The van der Waals surface area contributed by atoms with Crippen LogP contribution in [0.15, 0.2) is 21.9 Å². The van der Waals surface area contributed by atoms with E-state index in [-0.39, 0.29) is 31.9 Å². The zero-order valence-corrected chi connectivity index (χ0v) is 19.9. The third-order valence-electron chi connectivity index (χ3n) is 5.86. The highest BCUT2D eigenvalue weighted by Gasteiger charge is 2.58. The Hall–Kier alpha value is -2.22. The highest BCUT2D eigenvalue weighted by Crippen LogP contribution is 2.61. The van der Waals surface area contributed by atoms with Crippen LogP contribution in [0.5, 0.6) is 0 Å². The Labute approximate surface area is 191 Å². The van der Waals surface area contributed by atoms with Gasteiger partial charge in [-0.15, -0.1) is 6.42 Å². The molecule has 6 atom stereocenters. The van der Waals surface area contributed by atoms with Crippen LogP contribution in [-0.4, -0.2) is 60.3 Å². The van der Waals surface area contributed by atoms with Gasteiger partial charge in [0.1, 0.15) is 0 Å². The summed E-state index contributed by atoms with van der Waals surface area (Å²) in [6, 6.07) is 1.20. The number of ether oxygens (including phenoxy) is 3. The second-order valence-electron chi connectivity index (χ2n) is 8.56. The Morgan fingerprint density at radius 2 is 2.18 bits per heavy atom. The molecule has 0 spiro atoms. The van der Waals surface area contributed by atoms with Crippen LogP contribution < -0.4 is 11.2 Å². The van der Waals surface area contributed by atoms with Crippen LogP contribution >= 0.6 is 7.60 Å². The molecule has 2 fully saturated rings. The van der Waals surface area contributed by atoms with E-state index in [1.807, 2.05) is 0 Å². The average molecular weight is 484 g/mol. The topological polar surface area (TPSA) is 135 Å². The summed E-state index contributed by atoms with van der Waals surface area (Å²) in [4.78, 5) is 37.8. The van der Waals surface area contributed by atoms with Gasteiger partial charge < -0.3 is 23.3 Å². The number of terminal acetylenes is 1. The van der Waals surface area contributed by atoms with Crippen LogP contribution in [0, 0.1) is 23.7 Å². The van der Waals surface area contributed by atoms with E-state index in [2.05, 4.69) is 10.9 Å². The fourth-order valence-corrected chi connectivity index (χ4v) is 6.20. The molecule has 12 heteroatoms. The minimum Gasteiger partial charge on any atom is -0.463 e. The van der Waals surface area contributed by atoms with Crippen LogP contribution in [-0.2, 0) is 32.6 Å². The molecule has 1 unspecified atom stereocenters. The van der Waals surface area contributed by atoms with E-state index >= 15 is 0 Å². The summed E-state index contributed by atoms with van der Waals surface area (Å²) in [7, 11) is -2.19. The van der Waals surface area contributed by atoms with Crippen molar-refractivity contribution in [1.82, 2.24) is 9.55 Å². The molecule has 0 saturated carbocycles. The van der Waals surface area contributed by atoms with E-state index < -0.39 is 54.6 Å². The minimum absolute atomic E-state index is 0.0418. The Bertz CT molecular complexity index is 1070. The number of hydrogen-bond acceptors (Lipinski definition) is 9. The zero-order chi connectivity index (χ0) is 24.4. The predicted octanol–water partition coefficient (Wildman–Crippen LogP) is 1.29. The second-order valence-corrected chi connectivity index (χ2v) is 10.7. The predicted molar refractivity (Wildman–Crippen MR) is 117 cm³/mol. The van der Waals surface area contributed by atoms with Gasteiger partial charge in [0.25, 0.3) is 5.56 Å². The first-order valence-electron chi connectivity index (χ1n) is 10.6. The number of fused-ring (bicyclic) bond motifs is 1. The molecule has 182 valence electrons. The van der Waals surface area contributed by atoms with E-state index in [1.54, 1.807) is 20.8 Å². The fraction of sp³-hybridized carbons (Fsp3) is 0.667. The molecule has 3 rings (SSSR count). The largest absolute Gasteiger partial charge is 0.463 e. The summed E-state index contributed by atoms with van der Waals surface area (Å²) in [5.74, 6) is 1.79. The lowest BCUT2D eigenvalue weighted by Gasteiger charge is -2.36. The first kappa shape index (κ1) is 25.4. The molecule has 2 aliphatic heterocycles. The molecule has 0 radical (unpaired) electrons. The quantitative estimate of drug-likeness (QED) is 0.329. The number of carbonyl (C=O) groups is 1. The maximum atomic E-state index is 13.4. The monoisotopic (exact) mass is 484 g/mol. The van der Waals surface area contributed by atoms with Crippen molar-refractivity contribution in [3.05, 3.63) is 33.1 Å². The second kappa shape index (κ2) is 9.95. The zero-order valence-electron chi connectivity index (χ0n) is 19.0. The summed E-state index contributed by atoms with van der Waals surface area (Å²) in [5, 5.41) is 0. The van der Waals surface area contributed by atoms with E-state index in [1.165, 1.54) is 23.9 Å². The maximum absolute atomic E-state index is 13.4. The molecule has 1 aromatic heterocycles. The van der Waals surface area contributed by atoms with Gasteiger partial charge in [-0.2, -0.15) is 0 Å². The fourth-order valence-electron chi connectivity index (χ4n) is 4.05. The highest BCUT2D eigenvalue weighted by molar-refractivity contribution is 7.53. The molecule has 1 aromatic rings. The van der Waals surface area contributed by atoms with Crippen LogP contribution in [0.25, 0.3) is 0 Å². The molecule has 2 aliphatic rings. The smallest absolute Gasteiger partial charge is 0.331 e. The Morgan fingerprint density at radius 1 is 1.45 bits per heavy atom. The summed E-state index contributed by atoms with van der Waals surface area (Å²) in [6.07, 6.45) is 4.70. The lowest BCUT2D eigenvalue weighted by molar-refractivity contribution is -0.150. The van der Waals surface area contributed by atoms with Crippen molar-refractivity contribution in [2.75, 3.05) is 26.5 Å². The number of methoxy groups -OCH3 is 1. The molecule has 3 heterocycles. The summed E-state index contributed by atoms with van der Waals surface area (Å²) in [6.45, 7) is 5.01. The van der Waals surface area contributed by atoms with Gasteiger partial charge in [0.05, 0.1) is 49.5 Å². The molecule has 2 saturated heterocycles. The third kappa shape index (κ3) is 5.48. The molecular formula is C21H29N2O9P. The van der Waals surface area contributed by atoms with Crippen molar-refractivity contribution in [3.8, 4) is 12.3 Å². The minimum atomic E-state index is -3.61. The van der Waals surface area contributed by atoms with Gasteiger partial charge in [-0.1, -0.05) is 5.92 Å². The lowest BCUT2D eigenvalue weighted by Crippen LogP contribution is -2.41. The van der Waals surface area contributed by atoms with Crippen molar-refractivity contribution >= 4 is 13.6 Å². The average Bonchev–Trinajstić information content (AvgIpc) is 3.03. The summed E-state index contributed by atoms with van der Waals surface area (Å²) >= 11 is 0. The Balaban J connectivity index is 1.73. The van der Waals surface area contributed by atoms with E-state index in [9.17, 15) is 18.9 Å². The van der Waals surface area contributed by atoms with Crippen LogP contribution in [0.4, 0.5) is 0 Å². The molecule has 1 N–H and O–H groups in total. The number of rotatable bonds is 8. The van der Waals surface area contributed by atoms with Crippen LogP contribution in [0.3, 0.4) is 0 Å². The van der Waals surface area contributed by atoms with Gasteiger partial charge in [0.2, 0.25) is 0 Å². The number of esters is 1. The first-order chi connectivity index (χ1) is 15.5. The summed E-state index contributed by atoms with van der Waals surface area (Å²) in [5.41, 5.74) is -2.23. The standard InChI is InChI=1S/C21H29N2O9P/c1-6-21(4)15-12-33(27,29-10-14(28-5)9-18(25)31-13(2)3)30-11-16(15)32-19(21)23-8-7-17(24)22-20(23)26/h1,7-8,13-16,19H,9-12H2,2-5H3,(H,22,24,26)/t14-,15+,16+,19+,21+,33?/m0/s1. The maximum Gasteiger partial charge on any atom is 0.331 e. The van der Waals surface area contributed by atoms with E-state index in [0.717, 1.165) is 0 Å². The first-order valence-corrected chi connectivity index (χ1v) is 12.3. The van der Waals surface area contributed by atoms with Gasteiger partial charge in [0.15, 0.2) is 6.23 Å². The molecular weight excluding hydrogens is 455 g/mol. The van der Waals surface area contributed by atoms with Gasteiger partial charge in [-0.05, 0) is 20.8 Å². The number of aromatic amines is 1. The number of hydrogen-bond donors (Lipinski definition) is 1. The number of carbonyl (C=O) groups excluding carboxylic acids is 1. The molecule has 0 amide bonds. The van der Waals surface area contributed by atoms with Gasteiger partial charge in [-0.25, -0.2) is 4.79 Å². The molecule has 11 nitrogen and oxygen atoms in total. The van der Waals surface area contributed by atoms with Crippen molar-refractivity contribution in [2.24, 2.45) is 11.3 Å². The van der Waals surface area contributed by atoms with Gasteiger partial charge in [0, 0.05) is 25.3 Å². The van der Waals surface area contributed by atoms with Crippen molar-refractivity contribution in [2.45, 2.75) is 51.7 Å². The molecule has 33 heavy (non-hydrogen) atoms. The van der Waals surface area contributed by atoms with Gasteiger partial charge in [-0.3, -0.25) is 23.7 Å². The van der Waals surface area contributed by atoms with Crippen LogP contribution in [0.2, 0.25) is 0 Å². The molecule has 0 aliphatic carbocycles. The summed E-state index contributed by atoms with van der Waals surface area (Å²) < 4.78 is 42.1. The third-order valence-corrected chi connectivity index (χ3v) is 7.78. The SMILES string of the molecule is C#C[C@]1(C)[C@@H]2CP(=O)(OC[C@H](CC(=O)OC(C)C)OC)OC[C@H]2O[C@H]1n1ccc(=O)[nH]c1=O. The number of nitrogens with one attached hydrogen (secondary N) is 1. The molecule has 0 aromatic carbocycles. The van der Waals surface area contributed by atoms with E-state index in [0.29, 0.717) is 0 Å². The van der Waals surface area contributed by atoms with E-state index in [4.69, 9.17) is 29.7 Å². The Morgan fingerprint density at radius 3 is 2.79 bits per heavy atom. The number of nitrogens with zero attached hydrogens (tertiary/aromatic N) is 1. The normalized spacial score (nSPS) is 32.2. The highest BCUT2D eigenvalue weighted by atomic mass is 31.2. The molecule has 0 bridgehead atoms. The number of H-pyrrole nitrogens is 1. The number of aromatic nitrogens is 2. The van der Waals surface area contributed by atoms with Crippen LogP contribution in [0.1, 0.15) is 33.4 Å². The van der Waals surface area contributed by atoms with Gasteiger partial charge >= 0.3 is 19.3 Å². The Kier molecular flexibility index (Phi) is 7.66. The van der Waals surface area contributed by atoms with Crippen molar-refractivity contribution < 1.29 is 32.6 Å². The van der Waals surface area contributed by atoms with Crippen molar-refractivity contribution in [1.29, 1.82) is 0 Å². The lowest BCUT2D eigenvalue weighted by atomic mass is 9.77. The van der Waals surface area contributed by atoms with Crippen molar-refractivity contribution in [3.63, 3.8) is 0 Å².